The molecule has 3 saturated heterocycles. The molecular weight excluding hydrogens is 504 g/mol. The molecule has 40 heavy (non-hydrogen) atoms. The Balaban J connectivity index is 0.998. The number of amides is 2. The van der Waals surface area contributed by atoms with Gasteiger partial charge in [0, 0.05) is 55.0 Å². The van der Waals surface area contributed by atoms with E-state index in [1.807, 2.05) is 24.8 Å². The Kier molecular flexibility index (Phi) is 7.14. The number of anilines is 2. The van der Waals surface area contributed by atoms with Crippen molar-refractivity contribution in [2.24, 2.45) is 5.92 Å². The van der Waals surface area contributed by atoms with E-state index in [1.54, 1.807) is 30.7 Å². The van der Waals surface area contributed by atoms with E-state index in [0.29, 0.717) is 24.8 Å². The van der Waals surface area contributed by atoms with Crippen LogP contribution in [-0.2, 0) is 9.59 Å². The number of hydrogen-bond donors (Lipinski definition) is 2. The fraction of sp³-hybridized carbons (Fsp3) is 0.419. The summed E-state index contributed by atoms with van der Waals surface area (Å²) < 4.78 is 0. The summed E-state index contributed by atoms with van der Waals surface area (Å²) in [7, 11) is 0. The van der Waals surface area contributed by atoms with Gasteiger partial charge in [0.05, 0.1) is 30.4 Å². The number of piperazine rings is 1. The lowest BCUT2D eigenvalue weighted by Crippen LogP contribution is -2.51. The number of likely N-dealkylation sites (tertiary alicyclic amines) is 2. The average molecular weight is 541 g/mol. The number of aromatic nitrogens is 2. The van der Waals surface area contributed by atoms with Gasteiger partial charge in [0.1, 0.15) is 5.75 Å². The average Bonchev–Trinajstić information content (AvgIpc) is 3.71. The Morgan fingerprint density at radius 1 is 1.05 bits per heavy atom. The molecule has 9 heteroatoms. The van der Waals surface area contributed by atoms with Gasteiger partial charge in [-0.05, 0) is 61.2 Å². The minimum absolute atomic E-state index is 0.0310. The van der Waals surface area contributed by atoms with Crippen molar-refractivity contribution < 1.29 is 14.7 Å². The molecule has 3 aliphatic rings. The summed E-state index contributed by atoms with van der Waals surface area (Å²) in [5, 5.41) is 13.1. The molecule has 9 nitrogen and oxygen atoms in total. The Hall–Kier alpha value is -3.98. The number of fused-ring (bicyclic) bond motifs is 2. The molecule has 3 aromatic rings. The largest absolute Gasteiger partial charge is 0.508 e. The Morgan fingerprint density at radius 2 is 1.88 bits per heavy atom. The molecule has 208 valence electrons. The van der Waals surface area contributed by atoms with Crippen molar-refractivity contribution in [3.05, 3.63) is 66.6 Å². The standard InChI is InChI=1S/C31H36N6O3/c1-20(2)27-13-23(5-8-29(27)38)34-31(40)22-9-12-35(16-22)19-30(39)37-18-25-14-26(37)17-36(25)24-6-3-21(4-7-24)28-15-32-10-11-33-28/h3-8,10-11,13,15,20,22,25-26,38H,9,12,14,16-19H2,1-2H3,(H,34,40)/t22-,25-,26-/m1/s1. The van der Waals surface area contributed by atoms with Crippen molar-refractivity contribution in [1.82, 2.24) is 19.8 Å². The van der Waals surface area contributed by atoms with E-state index in [2.05, 4.69) is 49.4 Å². The van der Waals surface area contributed by atoms with Gasteiger partial charge in [-0.2, -0.15) is 0 Å². The highest BCUT2D eigenvalue weighted by Crippen LogP contribution is 2.36. The van der Waals surface area contributed by atoms with E-state index in [9.17, 15) is 14.7 Å². The maximum atomic E-state index is 13.3. The minimum Gasteiger partial charge on any atom is -0.508 e. The summed E-state index contributed by atoms with van der Waals surface area (Å²) in [6, 6.07) is 14.2. The Labute approximate surface area is 234 Å². The van der Waals surface area contributed by atoms with Crippen LogP contribution >= 0.6 is 0 Å². The molecule has 0 spiro atoms. The van der Waals surface area contributed by atoms with Crippen LogP contribution in [0, 0.1) is 5.92 Å². The number of benzene rings is 2. The summed E-state index contributed by atoms with van der Waals surface area (Å²) >= 11 is 0. The normalized spacial score (nSPS) is 22.3. The molecule has 0 aliphatic carbocycles. The minimum atomic E-state index is -0.153. The van der Waals surface area contributed by atoms with Crippen molar-refractivity contribution in [3.63, 3.8) is 0 Å². The highest BCUT2D eigenvalue weighted by Gasteiger charge is 2.45. The van der Waals surface area contributed by atoms with Gasteiger partial charge in [-0.25, -0.2) is 0 Å². The number of rotatable bonds is 7. The van der Waals surface area contributed by atoms with E-state index in [1.165, 1.54) is 5.69 Å². The first-order chi connectivity index (χ1) is 19.4. The molecule has 0 unspecified atom stereocenters. The maximum absolute atomic E-state index is 13.3. The van der Waals surface area contributed by atoms with Crippen molar-refractivity contribution in [2.45, 2.75) is 44.7 Å². The first-order valence-electron chi connectivity index (χ1n) is 14.1. The first-order valence-corrected chi connectivity index (χ1v) is 14.1. The molecule has 4 heterocycles. The summed E-state index contributed by atoms with van der Waals surface area (Å²) in [5.74, 6) is 0.379. The summed E-state index contributed by atoms with van der Waals surface area (Å²) in [5.41, 5.74) is 4.58. The lowest BCUT2D eigenvalue weighted by molar-refractivity contribution is -0.133. The fourth-order valence-corrected chi connectivity index (χ4v) is 6.37. The van der Waals surface area contributed by atoms with Crippen molar-refractivity contribution in [3.8, 4) is 17.0 Å². The molecule has 2 aromatic carbocycles. The topological polar surface area (TPSA) is 102 Å². The molecule has 2 bridgehead atoms. The number of hydrogen-bond acceptors (Lipinski definition) is 7. The van der Waals surface area contributed by atoms with Crippen molar-refractivity contribution >= 4 is 23.2 Å². The third kappa shape index (κ3) is 5.25. The summed E-state index contributed by atoms with van der Waals surface area (Å²) in [6.07, 6.45) is 6.87. The SMILES string of the molecule is CC(C)c1cc(NC(=O)[C@@H]2CCN(CC(=O)N3C[C@H]4C[C@@H]3CN4c3ccc(-c4cnccn4)cc3)C2)ccc1O. The van der Waals surface area contributed by atoms with Crippen LogP contribution in [0.2, 0.25) is 0 Å². The van der Waals surface area contributed by atoms with Crippen LogP contribution in [0.4, 0.5) is 11.4 Å². The molecule has 6 rings (SSSR count). The summed E-state index contributed by atoms with van der Waals surface area (Å²) in [6.45, 7) is 7.28. The Bertz CT molecular complexity index is 1380. The monoisotopic (exact) mass is 540 g/mol. The lowest BCUT2D eigenvalue weighted by atomic mass is 10.0. The second-order valence-corrected chi connectivity index (χ2v) is 11.5. The lowest BCUT2D eigenvalue weighted by Gasteiger charge is -2.36. The molecule has 3 fully saturated rings. The van der Waals surface area contributed by atoms with E-state index in [0.717, 1.165) is 49.3 Å². The number of nitrogens with one attached hydrogen (secondary N) is 1. The van der Waals surface area contributed by atoms with E-state index in [4.69, 9.17) is 0 Å². The van der Waals surface area contributed by atoms with Gasteiger partial charge in [0.2, 0.25) is 11.8 Å². The first kappa shape index (κ1) is 26.3. The smallest absolute Gasteiger partial charge is 0.237 e. The second kappa shape index (κ2) is 10.9. The highest BCUT2D eigenvalue weighted by molar-refractivity contribution is 5.93. The molecule has 3 atom stereocenters. The van der Waals surface area contributed by atoms with Crippen LogP contribution in [0.3, 0.4) is 0 Å². The van der Waals surface area contributed by atoms with E-state index in [-0.39, 0.29) is 35.4 Å². The number of aromatic hydroxyl groups is 1. The molecule has 2 amide bonds. The number of carbonyl (C=O) groups excluding carboxylic acids is 2. The van der Waals surface area contributed by atoms with Gasteiger partial charge in [-0.1, -0.05) is 26.0 Å². The van der Waals surface area contributed by atoms with E-state index >= 15 is 0 Å². The highest BCUT2D eigenvalue weighted by atomic mass is 16.3. The molecule has 0 saturated carbocycles. The second-order valence-electron chi connectivity index (χ2n) is 11.5. The van der Waals surface area contributed by atoms with Gasteiger partial charge < -0.3 is 20.2 Å². The zero-order valence-electron chi connectivity index (χ0n) is 23.0. The molecule has 3 aliphatic heterocycles. The van der Waals surface area contributed by atoms with Crippen LogP contribution in [0.25, 0.3) is 11.3 Å². The molecular formula is C31H36N6O3. The Morgan fingerprint density at radius 3 is 2.58 bits per heavy atom. The summed E-state index contributed by atoms with van der Waals surface area (Å²) in [4.78, 5) is 41.3. The van der Waals surface area contributed by atoms with Gasteiger partial charge in [-0.15, -0.1) is 0 Å². The van der Waals surface area contributed by atoms with E-state index < -0.39 is 0 Å². The van der Waals surface area contributed by atoms with Crippen LogP contribution in [0.1, 0.15) is 38.2 Å². The van der Waals surface area contributed by atoms with Gasteiger partial charge >= 0.3 is 0 Å². The van der Waals surface area contributed by atoms with Gasteiger partial charge in [0.25, 0.3) is 0 Å². The number of nitrogens with zero attached hydrogens (tertiary/aromatic N) is 5. The molecule has 2 N–H and O–H groups in total. The predicted octanol–water partition coefficient (Wildman–Crippen LogP) is 3.72. The fourth-order valence-electron chi connectivity index (χ4n) is 6.37. The zero-order valence-corrected chi connectivity index (χ0v) is 23.0. The third-order valence-electron chi connectivity index (χ3n) is 8.54. The van der Waals surface area contributed by atoms with Gasteiger partial charge in [-0.3, -0.25) is 24.5 Å². The van der Waals surface area contributed by atoms with Crippen molar-refractivity contribution in [1.29, 1.82) is 0 Å². The quantitative estimate of drug-likeness (QED) is 0.441. The predicted molar refractivity (Wildman–Crippen MR) is 154 cm³/mol. The molecule has 0 radical (unpaired) electrons. The van der Waals surface area contributed by atoms with Gasteiger partial charge in [0.15, 0.2) is 0 Å². The number of phenols is 1. The van der Waals surface area contributed by atoms with Crippen LogP contribution < -0.4 is 10.2 Å². The van der Waals surface area contributed by atoms with Crippen LogP contribution in [0.15, 0.2) is 61.1 Å². The van der Waals surface area contributed by atoms with Crippen molar-refractivity contribution in [2.75, 3.05) is 42.9 Å². The number of carbonyl (C=O) groups is 2. The van der Waals surface area contributed by atoms with Crippen LogP contribution in [0.5, 0.6) is 5.75 Å². The maximum Gasteiger partial charge on any atom is 0.237 e. The number of phenolic OH excluding ortho intramolecular Hbond substituents is 1. The molecule has 1 aromatic heterocycles. The van der Waals surface area contributed by atoms with Crippen LogP contribution in [-0.4, -0.2) is 81.5 Å². The zero-order chi connectivity index (χ0) is 27.8. The third-order valence-corrected chi connectivity index (χ3v) is 8.54.